The van der Waals surface area contributed by atoms with E-state index in [9.17, 15) is 0 Å². The fourth-order valence-corrected chi connectivity index (χ4v) is 0.987. The van der Waals surface area contributed by atoms with Crippen molar-refractivity contribution in [2.45, 2.75) is 5.54 Å². The summed E-state index contributed by atoms with van der Waals surface area (Å²) in [6.07, 6.45) is 8.28. The molecule has 7 heavy (non-hydrogen) atoms. The first kappa shape index (κ1) is 4.81. The Morgan fingerprint density at radius 3 is 2.14 bits per heavy atom. The molecule has 0 saturated heterocycles. The van der Waals surface area contributed by atoms with Crippen LogP contribution < -0.4 is 5.40 Å². The normalized spacial score (nSPS) is 19.0. The van der Waals surface area contributed by atoms with Crippen LogP contribution in [-0.4, -0.2) is 9.68 Å². The van der Waals surface area contributed by atoms with E-state index in [1.807, 2.05) is 12.2 Å². The van der Waals surface area contributed by atoms with Crippen LogP contribution in [0.3, 0.4) is 0 Å². The highest BCUT2D eigenvalue weighted by atomic mass is 28.2. The second-order valence-corrected chi connectivity index (χ2v) is 2.46. The molecule has 0 amide bonds. The Morgan fingerprint density at radius 1 is 1.29 bits per heavy atom. The van der Waals surface area contributed by atoms with Gasteiger partial charge in [0, 0.05) is 5.54 Å². The molecule has 0 fully saturated rings. The first-order valence-electron chi connectivity index (χ1n) is 2.24. The minimum absolute atomic E-state index is 0.538. The SMILES string of the molecule is N[Si]C1C=CC=C1. The molecule has 0 aromatic heterocycles. The van der Waals surface area contributed by atoms with Gasteiger partial charge in [-0.1, -0.05) is 24.3 Å². The smallest absolute Gasteiger partial charge is 0.148 e. The second-order valence-electron chi connectivity index (χ2n) is 1.46. The predicted octanol–water partition coefficient (Wildman–Crippen LogP) is 0.479. The summed E-state index contributed by atoms with van der Waals surface area (Å²) in [5.74, 6) is 0. The highest BCUT2D eigenvalue weighted by Crippen LogP contribution is 2.10. The van der Waals surface area contributed by atoms with Crippen molar-refractivity contribution >= 4 is 9.68 Å². The molecule has 0 aromatic carbocycles. The van der Waals surface area contributed by atoms with Crippen LogP contribution in [0.4, 0.5) is 0 Å². The highest BCUT2D eigenvalue weighted by molar-refractivity contribution is 6.35. The van der Waals surface area contributed by atoms with E-state index in [2.05, 4.69) is 12.2 Å². The van der Waals surface area contributed by atoms with Gasteiger partial charge in [-0.05, 0) is 0 Å². The van der Waals surface area contributed by atoms with Crippen LogP contribution in [0.15, 0.2) is 24.3 Å². The maximum absolute atomic E-state index is 5.36. The van der Waals surface area contributed by atoms with Crippen molar-refractivity contribution in [2.75, 3.05) is 0 Å². The fourth-order valence-electron chi connectivity index (χ4n) is 0.543. The van der Waals surface area contributed by atoms with Crippen LogP contribution >= 0.6 is 0 Å². The zero-order valence-electron chi connectivity index (χ0n) is 3.96. The number of rotatable bonds is 1. The third-order valence-electron chi connectivity index (χ3n) is 0.940. The van der Waals surface area contributed by atoms with Crippen molar-refractivity contribution in [3.8, 4) is 0 Å². The Labute approximate surface area is 45.8 Å². The molecule has 1 aliphatic rings. The number of allylic oxidation sites excluding steroid dienone is 4. The van der Waals surface area contributed by atoms with Gasteiger partial charge in [-0.2, -0.15) is 0 Å². The first-order valence-corrected chi connectivity index (χ1v) is 3.40. The van der Waals surface area contributed by atoms with Crippen molar-refractivity contribution in [3.63, 3.8) is 0 Å². The molecule has 2 N–H and O–H groups in total. The summed E-state index contributed by atoms with van der Waals surface area (Å²) in [6.45, 7) is 0. The monoisotopic (exact) mass is 109 g/mol. The summed E-state index contributed by atoms with van der Waals surface area (Å²) >= 11 is 0. The molecular formula is C5H7NSi. The van der Waals surface area contributed by atoms with Crippen LogP contribution in [0.1, 0.15) is 0 Å². The van der Waals surface area contributed by atoms with E-state index in [4.69, 9.17) is 5.40 Å². The molecule has 2 heteroatoms. The van der Waals surface area contributed by atoms with Crippen LogP contribution in [0.25, 0.3) is 0 Å². The molecule has 1 nitrogen and oxygen atoms in total. The van der Waals surface area contributed by atoms with Crippen LogP contribution in [0.5, 0.6) is 0 Å². The molecule has 0 heterocycles. The van der Waals surface area contributed by atoms with Crippen LogP contribution in [0.2, 0.25) is 5.54 Å². The average Bonchev–Trinajstić information content (AvgIpc) is 2.14. The molecule has 0 atom stereocenters. The summed E-state index contributed by atoms with van der Waals surface area (Å²) in [4.78, 5) is 0. The third kappa shape index (κ3) is 1.01. The van der Waals surface area contributed by atoms with E-state index < -0.39 is 0 Å². The van der Waals surface area contributed by atoms with Crippen molar-refractivity contribution in [1.82, 2.24) is 0 Å². The van der Waals surface area contributed by atoms with Crippen molar-refractivity contribution in [2.24, 2.45) is 5.40 Å². The zero-order valence-corrected chi connectivity index (χ0v) is 4.96. The predicted molar refractivity (Wildman–Crippen MR) is 32.0 cm³/mol. The minimum Gasteiger partial charge on any atom is -0.352 e. The van der Waals surface area contributed by atoms with Gasteiger partial charge in [0.2, 0.25) is 0 Å². The molecule has 0 unspecified atom stereocenters. The minimum atomic E-state index is 0.538. The molecule has 1 rings (SSSR count). The van der Waals surface area contributed by atoms with Gasteiger partial charge >= 0.3 is 0 Å². The first-order chi connectivity index (χ1) is 3.43. The molecule has 1 aliphatic carbocycles. The van der Waals surface area contributed by atoms with Crippen molar-refractivity contribution < 1.29 is 0 Å². The van der Waals surface area contributed by atoms with Gasteiger partial charge in [0.25, 0.3) is 0 Å². The van der Waals surface area contributed by atoms with E-state index in [0.29, 0.717) is 15.2 Å². The lowest BCUT2D eigenvalue weighted by atomic mass is 10.5. The summed E-state index contributed by atoms with van der Waals surface area (Å²) in [5, 5.41) is 5.36. The molecule has 36 valence electrons. The van der Waals surface area contributed by atoms with E-state index >= 15 is 0 Å². The number of hydrogen-bond donors (Lipinski definition) is 1. The van der Waals surface area contributed by atoms with E-state index in [1.165, 1.54) is 0 Å². The lowest BCUT2D eigenvalue weighted by Crippen LogP contribution is -2.08. The molecular weight excluding hydrogens is 102 g/mol. The van der Waals surface area contributed by atoms with Gasteiger partial charge in [-0.25, -0.2) is 0 Å². The van der Waals surface area contributed by atoms with Crippen LogP contribution in [-0.2, 0) is 0 Å². The number of hydrogen-bond acceptors (Lipinski definition) is 1. The Bertz CT molecular complexity index is 94.6. The van der Waals surface area contributed by atoms with Gasteiger partial charge in [-0.3, -0.25) is 0 Å². The van der Waals surface area contributed by atoms with E-state index in [-0.39, 0.29) is 0 Å². The summed E-state index contributed by atoms with van der Waals surface area (Å²) in [7, 11) is 0.538. The van der Waals surface area contributed by atoms with Crippen LogP contribution in [0, 0.1) is 0 Å². The Hall–Kier alpha value is -0.343. The Morgan fingerprint density at radius 2 is 1.86 bits per heavy atom. The molecule has 2 radical (unpaired) electrons. The van der Waals surface area contributed by atoms with Gasteiger partial charge in [0.05, 0.1) is 0 Å². The van der Waals surface area contributed by atoms with Crippen molar-refractivity contribution in [3.05, 3.63) is 24.3 Å². The standard InChI is InChI=1S/C5H7NSi/c6-7-5-3-1-2-4-5/h1-5H,6H2. The van der Waals surface area contributed by atoms with Gasteiger partial charge in [0.15, 0.2) is 0 Å². The third-order valence-corrected chi connectivity index (χ3v) is 1.71. The second kappa shape index (κ2) is 2.09. The molecule has 0 saturated carbocycles. The van der Waals surface area contributed by atoms with E-state index in [1.54, 1.807) is 0 Å². The van der Waals surface area contributed by atoms with Gasteiger partial charge in [0.1, 0.15) is 9.68 Å². The number of nitrogens with two attached hydrogens (primary N) is 1. The molecule has 0 aliphatic heterocycles. The van der Waals surface area contributed by atoms with Crippen molar-refractivity contribution in [1.29, 1.82) is 0 Å². The fraction of sp³-hybridized carbons (Fsp3) is 0.200. The van der Waals surface area contributed by atoms with Gasteiger partial charge in [-0.15, -0.1) is 0 Å². The Kier molecular flexibility index (Phi) is 1.44. The maximum Gasteiger partial charge on any atom is 0.148 e. The quantitative estimate of drug-likeness (QED) is 0.487. The topological polar surface area (TPSA) is 26.0 Å². The summed E-state index contributed by atoms with van der Waals surface area (Å²) < 4.78 is 0. The highest BCUT2D eigenvalue weighted by Gasteiger charge is 1.98. The lowest BCUT2D eigenvalue weighted by molar-refractivity contribution is 1.38. The van der Waals surface area contributed by atoms with E-state index in [0.717, 1.165) is 0 Å². The zero-order chi connectivity index (χ0) is 5.11. The molecule has 0 bridgehead atoms. The molecule has 0 aromatic rings. The summed E-state index contributed by atoms with van der Waals surface area (Å²) in [5.41, 5.74) is 0.542. The maximum atomic E-state index is 5.36. The summed E-state index contributed by atoms with van der Waals surface area (Å²) in [6, 6.07) is 0. The largest absolute Gasteiger partial charge is 0.352 e. The molecule has 0 spiro atoms. The Balaban J connectivity index is 2.44. The lowest BCUT2D eigenvalue weighted by Gasteiger charge is -1.91. The van der Waals surface area contributed by atoms with Gasteiger partial charge < -0.3 is 5.40 Å². The average molecular weight is 109 g/mol.